The maximum absolute atomic E-state index is 4.52. The van der Waals surface area contributed by atoms with E-state index in [1.165, 1.54) is 27.8 Å². The maximum atomic E-state index is 4.52. The van der Waals surface area contributed by atoms with Gasteiger partial charge in [0.1, 0.15) is 0 Å². The minimum Gasteiger partial charge on any atom is -0.306 e. The minimum atomic E-state index is -0.0115. The molecule has 114 valence electrons. The SMILES string of the molecule is c1ccc(CC23Cc4c[nH]nc4-c4cccc(c42)CCN3)cc1. The quantitative estimate of drug-likeness (QED) is 0.763. The number of aromatic amines is 1. The molecule has 3 aromatic rings. The molecule has 1 aliphatic heterocycles. The van der Waals surface area contributed by atoms with E-state index in [1.807, 2.05) is 0 Å². The van der Waals surface area contributed by atoms with Crippen LogP contribution in [0.5, 0.6) is 0 Å². The second kappa shape index (κ2) is 4.80. The Morgan fingerprint density at radius 3 is 2.83 bits per heavy atom. The smallest absolute Gasteiger partial charge is 0.0956 e. The summed E-state index contributed by atoms with van der Waals surface area (Å²) in [5, 5.41) is 11.5. The summed E-state index contributed by atoms with van der Waals surface area (Å²) in [7, 11) is 0. The third-order valence-electron chi connectivity index (χ3n) is 5.30. The van der Waals surface area contributed by atoms with Gasteiger partial charge in [0.2, 0.25) is 0 Å². The van der Waals surface area contributed by atoms with E-state index in [-0.39, 0.29) is 5.54 Å². The van der Waals surface area contributed by atoms with Crippen LogP contribution >= 0.6 is 0 Å². The lowest BCUT2D eigenvalue weighted by atomic mass is 9.69. The fourth-order valence-electron chi connectivity index (χ4n) is 4.41. The fraction of sp³-hybridized carbons (Fsp3) is 0.250. The number of rotatable bonds is 2. The highest BCUT2D eigenvalue weighted by Gasteiger charge is 2.42. The summed E-state index contributed by atoms with van der Waals surface area (Å²) < 4.78 is 0. The van der Waals surface area contributed by atoms with E-state index in [0.29, 0.717) is 0 Å². The van der Waals surface area contributed by atoms with Crippen molar-refractivity contribution in [3.63, 3.8) is 0 Å². The van der Waals surface area contributed by atoms with Crippen molar-refractivity contribution >= 4 is 0 Å². The second-order valence-corrected chi connectivity index (χ2v) is 6.70. The Bertz CT molecular complexity index is 866. The van der Waals surface area contributed by atoms with Gasteiger partial charge >= 0.3 is 0 Å². The number of nitrogens with zero attached hydrogens (tertiary/aromatic N) is 1. The molecule has 3 heteroatoms. The van der Waals surface area contributed by atoms with E-state index >= 15 is 0 Å². The van der Waals surface area contributed by atoms with Crippen LogP contribution in [0.25, 0.3) is 11.3 Å². The first-order chi connectivity index (χ1) is 11.4. The predicted octanol–water partition coefficient (Wildman–Crippen LogP) is 3.22. The van der Waals surface area contributed by atoms with Crippen LogP contribution in [0.2, 0.25) is 0 Å². The van der Waals surface area contributed by atoms with E-state index in [2.05, 4.69) is 70.2 Å². The number of H-pyrrole nitrogens is 1. The van der Waals surface area contributed by atoms with Gasteiger partial charge in [-0.25, -0.2) is 0 Å². The summed E-state index contributed by atoms with van der Waals surface area (Å²) in [6, 6.07) is 17.5. The van der Waals surface area contributed by atoms with Crippen LogP contribution < -0.4 is 5.32 Å². The molecule has 23 heavy (non-hydrogen) atoms. The fourth-order valence-corrected chi connectivity index (χ4v) is 4.41. The highest BCUT2D eigenvalue weighted by atomic mass is 15.1. The second-order valence-electron chi connectivity index (χ2n) is 6.70. The number of hydrogen-bond donors (Lipinski definition) is 2. The van der Waals surface area contributed by atoms with Gasteiger partial charge in [-0.05, 0) is 36.0 Å². The zero-order valence-corrected chi connectivity index (χ0v) is 13.0. The lowest BCUT2D eigenvalue weighted by molar-refractivity contribution is 0.307. The van der Waals surface area contributed by atoms with Crippen molar-refractivity contribution < 1.29 is 0 Å². The highest BCUT2D eigenvalue weighted by Crippen LogP contribution is 2.45. The van der Waals surface area contributed by atoms with E-state index in [0.717, 1.165) is 31.5 Å². The van der Waals surface area contributed by atoms with Crippen LogP contribution in [0.3, 0.4) is 0 Å². The van der Waals surface area contributed by atoms with Gasteiger partial charge in [0, 0.05) is 23.9 Å². The van der Waals surface area contributed by atoms with Crippen LogP contribution in [-0.2, 0) is 24.8 Å². The first-order valence-corrected chi connectivity index (χ1v) is 8.30. The van der Waals surface area contributed by atoms with Gasteiger partial charge in [0.25, 0.3) is 0 Å². The van der Waals surface area contributed by atoms with Crippen molar-refractivity contribution in [1.29, 1.82) is 0 Å². The van der Waals surface area contributed by atoms with Crippen LogP contribution in [0.4, 0.5) is 0 Å². The average Bonchev–Trinajstić information content (AvgIpc) is 3.04. The lowest BCUT2D eigenvalue weighted by Crippen LogP contribution is -2.52. The maximum Gasteiger partial charge on any atom is 0.0956 e. The third-order valence-corrected chi connectivity index (χ3v) is 5.30. The topological polar surface area (TPSA) is 40.7 Å². The summed E-state index contributed by atoms with van der Waals surface area (Å²) in [5.41, 5.74) is 8.07. The molecule has 1 atom stereocenters. The molecule has 0 fully saturated rings. The summed E-state index contributed by atoms with van der Waals surface area (Å²) in [6.07, 6.45) is 5.17. The molecule has 2 heterocycles. The largest absolute Gasteiger partial charge is 0.306 e. The molecule has 1 aromatic heterocycles. The van der Waals surface area contributed by atoms with Crippen molar-refractivity contribution in [3.8, 4) is 11.3 Å². The summed E-state index contributed by atoms with van der Waals surface area (Å²) >= 11 is 0. The zero-order valence-electron chi connectivity index (χ0n) is 13.0. The highest BCUT2D eigenvalue weighted by molar-refractivity contribution is 5.73. The molecule has 5 rings (SSSR count). The van der Waals surface area contributed by atoms with Crippen LogP contribution in [0, 0.1) is 0 Å². The first kappa shape index (κ1) is 13.1. The number of benzene rings is 2. The number of hydrogen-bond acceptors (Lipinski definition) is 2. The average molecular weight is 301 g/mol. The lowest BCUT2D eigenvalue weighted by Gasteiger charge is -2.44. The molecule has 2 aromatic carbocycles. The van der Waals surface area contributed by atoms with Gasteiger partial charge in [-0.3, -0.25) is 5.10 Å². The van der Waals surface area contributed by atoms with Gasteiger partial charge < -0.3 is 5.32 Å². The van der Waals surface area contributed by atoms with Crippen molar-refractivity contribution in [2.45, 2.75) is 24.8 Å². The van der Waals surface area contributed by atoms with Gasteiger partial charge in [0.05, 0.1) is 11.2 Å². The van der Waals surface area contributed by atoms with E-state index in [4.69, 9.17) is 0 Å². The van der Waals surface area contributed by atoms with Gasteiger partial charge in [-0.15, -0.1) is 0 Å². The van der Waals surface area contributed by atoms with Crippen LogP contribution in [0.15, 0.2) is 54.7 Å². The molecule has 2 aliphatic rings. The number of fused-ring (bicyclic) bond motifs is 2. The molecular weight excluding hydrogens is 282 g/mol. The normalized spacial score (nSPS) is 21.6. The number of aromatic nitrogens is 2. The van der Waals surface area contributed by atoms with Crippen LogP contribution in [0.1, 0.15) is 22.3 Å². The van der Waals surface area contributed by atoms with Crippen molar-refractivity contribution in [2.75, 3.05) is 6.54 Å². The molecule has 0 amide bonds. The predicted molar refractivity (Wildman–Crippen MR) is 91.3 cm³/mol. The van der Waals surface area contributed by atoms with E-state index in [9.17, 15) is 0 Å². The van der Waals surface area contributed by atoms with E-state index < -0.39 is 0 Å². The summed E-state index contributed by atoms with van der Waals surface area (Å²) in [5.74, 6) is 0. The van der Waals surface area contributed by atoms with Gasteiger partial charge in [-0.1, -0.05) is 48.5 Å². The molecule has 0 spiro atoms. The molecular formula is C20H19N3. The Balaban J connectivity index is 1.73. The van der Waals surface area contributed by atoms with Crippen molar-refractivity contribution in [1.82, 2.24) is 15.5 Å². The standard InChI is InChI=1S/C20H19N3/c1-2-5-14(6-3-1)11-20-12-16-13-22-23-19(16)17-8-4-7-15(18(17)20)9-10-21-20/h1-8,13,21H,9-12H2,(H,22,23). The van der Waals surface area contributed by atoms with Crippen molar-refractivity contribution in [3.05, 3.63) is 77.0 Å². The Kier molecular flexibility index (Phi) is 2.73. The molecule has 0 saturated carbocycles. The van der Waals surface area contributed by atoms with Crippen molar-refractivity contribution in [2.24, 2.45) is 0 Å². The third kappa shape index (κ3) is 1.90. The Morgan fingerprint density at radius 1 is 1.00 bits per heavy atom. The van der Waals surface area contributed by atoms with Crippen LogP contribution in [-0.4, -0.2) is 16.7 Å². The molecule has 0 saturated heterocycles. The monoisotopic (exact) mass is 301 g/mol. The summed E-state index contributed by atoms with van der Waals surface area (Å²) in [4.78, 5) is 0. The van der Waals surface area contributed by atoms with E-state index in [1.54, 1.807) is 0 Å². The van der Waals surface area contributed by atoms with Gasteiger partial charge in [0.15, 0.2) is 0 Å². The molecule has 0 radical (unpaired) electrons. The Labute approximate surface area is 135 Å². The van der Waals surface area contributed by atoms with Gasteiger partial charge in [-0.2, -0.15) is 5.10 Å². The summed E-state index contributed by atoms with van der Waals surface area (Å²) in [6.45, 7) is 1.04. The Hall–Kier alpha value is -2.39. The number of nitrogens with one attached hydrogen (secondary N) is 2. The molecule has 1 unspecified atom stereocenters. The minimum absolute atomic E-state index is 0.0115. The molecule has 0 bridgehead atoms. The Morgan fingerprint density at radius 2 is 1.91 bits per heavy atom. The molecule has 1 aliphatic carbocycles. The molecule has 2 N–H and O–H groups in total. The zero-order chi connectivity index (χ0) is 15.3. The first-order valence-electron chi connectivity index (χ1n) is 8.30. The molecule has 3 nitrogen and oxygen atoms in total.